The minimum atomic E-state index is -5.02. The lowest BCUT2D eigenvalue weighted by Gasteiger charge is -2.15. The van der Waals surface area contributed by atoms with E-state index in [-0.39, 0.29) is 22.8 Å². The fourth-order valence-electron chi connectivity index (χ4n) is 4.89. The van der Waals surface area contributed by atoms with Crippen LogP contribution in [0.2, 0.25) is 5.28 Å². The Morgan fingerprint density at radius 2 is 1.39 bits per heavy atom. The van der Waals surface area contributed by atoms with Crippen LogP contribution in [0.1, 0.15) is 36.2 Å². The van der Waals surface area contributed by atoms with Gasteiger partial charge in [-0.3, -0.25) is 23.9 Å². The summed E-state index contributed by atoms with van der Waals surface area (Å²) in [6.07, 6.45) is 0.499. The number of nitrogens with zero attached hydrogens (tertiary/aromatic N) is 6. The summed E-state index contributed by atoms with van der Waals surface area (Å²) in [6, 6.07) is 15.1. The van der Waals surface area contributed by atoms with Crippen LogP contribution in [0.4, 0.5) is 40.3 Å². The minimum absolute atomic E-state index is 0.0409. The van der Waals surface area contributed by atoms with E-state index in [2.05, 4.69) is 51.7 Å². The van der Waals surface area contributed by atoms with Gasteiger partial charge in [0.2, 0.25) is 28.9 Å². The molecule has 0 aliphatic heterocycles. The van der Waals surface area contributed by atoms with Crippen LogP contribution >= 0.6 is 11.6 Å². The van der Waals surface area contributed by atoms with Crippen molar-refractivity contribution in [1.29, 1.82) is 0 Å². The zero-order valence-electron chi connectivity index (χ0n) is 31.1. The SMILES string of the molecule is CCC(C)C(=O)Nc1ccc(Nc2nc(Cl)nc(Nc3cc(S(=O)(=O)O)cc(N/N=C(\N=Nc4cc(S(=O)(=O)O)ccc4C(=O)O)c4ccccc4)c3O)n2)c(S(=O)(=O)O)c1. The quantitative estimate of drug-likeness (QED) is 0.0152. The van der Waals surface area contributed by atoms with Gasteiger partial charge in [-0.15, -0.1) is 10.2 Å². The highest BCUT2D eigenvalue weighted by Crippen LogP contribution is 2.37. The first-order chi connectivity index (χ1) is 28.5. The zero-order chi connectivity index (χ0) is 44.9. The van der Waals surface area contributed by atoms with Crippen molar-refractivity contribution in [3.8, 4) is 5.75 Å². The molecular weight excluding hydrogens is 888 g/mol. The molecule has 1 amide bonds. The second-order valence-electron chi connectivity index (χ2n) is 12.4. The van der Waals surface area contributed by atoms with Crippen molar-refractivity contribution < 1.29 is 58.7 Å². The number of amides is 1. The number of anilines is 6. The van der Waals surface area contributed by atoms with Gasteiger partial charge in [0, 0.05) is 17.2 Å². The van der Waals surface area contributed by atoms with Gasteiger partial charge in [0.1, 0.15) is 16.3 Å². The molecule has 1 unspecified atom stereocenters. The Balaban J connectivity index is 1.52. The maximum atomic E-state index is 12.4. The second-order valence-corrected chi connectivity index (χ2v) is 17.0. The predicted molar refractivity (Wildman–Crippen MR) is 218 cm³/mol. The molecule has 0 aliphatic carbocycles. The van der Waals surface area contributed by atoms with E-state index in [0.29, 0.717) is 6.42 Å². The first kappa shape index (κ1) is 45.4. The van der Waals surface area contributed by atoms with Gasteiger partial charge in [0.25, 0.3) is 30.4 Å². The Morgan fingerprint density at radius 3 is 1.98 bits per heavy atom. The lowest BCUT2D eigenvalue weighted by Crippen LogP contribution is -2.20. The molecule has 320 valence electrons. The van der Waals surface area contributed by atoms with Crippen molar-refractivity contribution in [3.63, 3.8) is 0 Å². The normalized spacial score (nSPS) is 12.8. The van der Waals surface area contributed by atoms with Gasteiger partial charge in [0.05, 0.1) is 26.7 Å². The number of hydrogen-bond acceptors (Lipinski definition) is 17. The van der Waals surface area contributed by atoms with Crippen LogP contribution in [0, 0.1) is 5.92 Å². The Bertz CT molecular complexity index is 2940. The second kappa shape index (κ2) is 18.3. The van der Waals surface area contributed by atoms with E-state index >= 15 is 0 Å². The first-order valence-electron chi connectivity index (χ1n) is 16.9. The fourth-order valence-corrected chi connectivity index (χ4v) is 6.76. The van der Waals surface area contributed by atoms with E-state index in [4.69, 9.17) is 11.6 Å². The number of aromatic nitrogens is 3. The standard InChI is InChI=1S/C34H31ClN10O13S3/c1-3-17(2)30(47)36-19-9-12-23(27(13-19)61(56,57)58)37-33-39-32(35)40-34(41-33)38-25-15-21(60(53,54)55)16-26(28(25)46)43-45-29(18-7-5-4-6-8-18)44-42-24-14-20(59(50,51)52)10-11-22(24)31(48)49/h4-17,43,46H,3H2,1-2H3,(H,36,47)(H,48,49)(H,50,51,52)(H,53,54,55)(H,56,57,58)(H2,37,38,39,40,41)/b44-42?,45-29-. The van der Waals surface area contributed by atoms with E-state index in [0.717, 1.165) is 36.4 Å². The maximum absolute atomic E-state index is 12.4. The van der Waals surface area contributed by atoms with Crippen LogP contribution < -0.4 is 21.4 Å². The van der Waals surface area contributed by atoms with Crippen LogP contribution in [-0.2, 0) is 35.1 Å². The van der Waals surface area contributed by atoms with Crippen molar-refractivity contribution in [1.82, 2.24) is 15.0 Å². The van der Waals surface area contributed by atoms with Crippen LogP contribution in [-0.4, -0.2) is 81.8 Å². The summed E-state index contributed by atoms with van der Waals surface area (Å²) in [4.78, 5) is 33.8. The van der Waals surface area contributed by atoms with Gasteiger partial charge in [-0.1, -0.05) is 44.2 Å². The van der Waals surface area contributed by atoms with Crippen molar-refractivity contribution in [2.75, 3.05) is 21.4 Å². The molecule has 0 saturated heterocycles. The lowest BCUT2D eigenvalue weighted by atomic mass is 10.1. The highest BCUT2D eigenvalue weighted by atomic mass is 35.5. The van der Waals surface area contributed by atoms with E-state index in [1.54, 1.807) is 32.0 Å². The number of carbonyl (C=O) groups excluding carboxylic acids is 1. The Kier molecular flexibility index (Phi) is 13.6. The monoisotopic (exact) mass is 918 g/mol. The predicted octanol–water partition coefficient (Wildman–Crippen LogP) is 5.70. The van der Waals surface area contributed by atoms with Gasteiger partial charge < -0.3 is 26.2 Å². The highest BCUT2D eigenvalue weighted by Gasteiger charge is 2.22. The number of halogens is 1. The lowest BCUT2D eigenvalue weighted by molar-refractivity contribution is -0.119. The van der Waals surface area contributed by atoms with Crippen molar-refractivity contribution >= 4 is 100 Å². The van der Waals surface area contributed by atoms with E-state index < -0.39 is 108 Å². The summed E-state index contributed by atoms with van der Waals surface area (Å²) in [7, 11) is -14.7. The summed E-state index contributed by atoms with van der Waals surface area (Å²) in [5.74, 6) is -4.41. The number of amidine groups is 1. The molecule has 0 radical (unpaired) electrons. The van der Waals surface area contributed by atoms with Crippen molar-refractivity contribution in [2.24, 2.45) is 21.2 Å². The fraction of sp³-hybridized carbons (Fsp3) is 0.118. The average Bonchev–Trinajstić information content (AvgIpc) is 3.18. The molecule has 1 aromatic heterocycles. The summed E-state index contributed by atoms with van der Waals surface area (Å²) >= 11 is 6.11. The van der Waals surface area contributed by atoms with Crippen molar-refractivity contribution in [3.05, 3.63) is 95.3 Å². The van der Waals surface area contributed by atoms with E-state index in [9.17, 15) is 58.7 Å². The van der Waals surface area contributed by atoms with Gasteiger partial charge >= 0.3 is 5.97 Å². The van der Waals surface area contributed by atoms with Gasteiger partial charge in [-0.05, 0) is 66.6 Å². The number of aromatic hydroxyl groups is 1. The van der Waals surface area contributed by atoms with Crippen LogP contribution in [0.25, 0.3) is 0 Å². The number of carbonyl (C=O) groups is 2. The summed E-state index contributed by atoms with van der Waals surface area (Å²) < 4.78 is 102. The molecular formula is C34H31ClN10O13S3. The molecule has 5 rings (SSSR count). The largest absolute Gasteiger partial charge is 0.504 e. The van der Waals surface area contributed by atoms with E-state index in [1.807, 2.05) is 0 Å². The number of aromatic carboxylic acids is 1. The number of nitrogens with one attached hydrogen (secondary N) is 4. The number of phenols is 1. The van der Waals surface area contributed by atoms with Crippen LogP contribution in [0.3, 0.4) is 0 Å². The molecule has 61 heavy (non-hydrogen) atoms. The highest BCUT2D eigenvalue weighted by molar-refractivity contribution is 7.86. The van der Waals surface area contributed by atoms with Gasteiger partial charge in [0.15, 0.2) is 5.75 Å². The maximum Gasteiger partial charge on any atom is 0.337 e. The molecule has 5 aromatic rings. The third-order valence-corrected chi connectivity index (χ3v) is 10.9. The van der Waals surface area contributed by atoms with E-state index in [1.165, 1.54) is 24.3 Å². The molecule has 1 atom stereocenters. The number of phenolic OH excluding ortho intramolecular Hbond substituents is 1. The smallest absolute Gasteiger partial charge is 0.337 e. The Morgan fingerprint density at radius 1 is 0.770 bits per heavy atom. The summed E-state index contributed by atoms with van der Waals surface area (Å²) in [6.45, 7) is 3.44. The van der Waals surface area contributed by atoms with Crippen LogP contribution in [0.5, 0.6) is 5.75 Å². The molecule has 1 heterocycles. The number of azo groups is 1. The first-order valence-corrected chi connectivity index (χ1v) is 21.6. The number of carboxylic acids is 1. The molecule has 0 fully saturated rings. The average molecular weight is 919 g/mol. The van der Waals surface area contributed by atoms with Crippen LogP contribution in [0.15, 0.2) is 109 Å². The number of rotatable bonds is 15. The number of benzene rings is 4. The molecule has 0 spiro atoms. The van der Waals surface area contributed by atoms with Crippen molar-refractivity contribution in [2.45, 2.75) is 35.0 Å². The van der Waals surface area contributed by atoms with Gasteiger partial charge in [-0.25, -0.2) is 4.79 Å². The summed E-state index contributed by atoms with van der Waals surface area (Å²) in [5, 5.41) is 39.8. The Labute approximate surface area is 350 Å². The zero-order valence-corrected chi connectivity index (χ0v) is 34.3. The molecule has 9 N–H and O–H groups in total. The molecule has 0 aliphatic rings. The topological polar surface area (TPSA) is 362 Å². The molecule has 23 nitrogen and oxygen atoms in total. The minimum Gasteiger partial charge on any atom is -0.504 e. The van der Waals surface area contributed by atoms with Gasteiger partial charge in [-0.2, -0.15) is 45.3 Å². The number of carboxylic acid groups (broad SMARTS) is 1. The third kappa shape index (κ3) is 11.8. The molecule has 4 aromatic carbocycles. The molecule has 0 bridgehead atoms. The number of hydrazone groups is 1. The third-order valence-electron chi connectivity index (χ3n) is 8.13. The molecule has 27 heteroatoms. The number of hydrogen-bond donors (Lipinski definition) is 9. The summed E-state index contributed by atoms with van der Waals surface area (Å²) in [5.41, 5.74) is 0.290. The molecule has 0 saturated carbocycles. The Hall–Kier alpha value is -6.68.